The second-order valence-corrected chi connectivity index (χ2v) is 12.3. The molecule has 0 aliphatic rings. The highest BCUT2D eigenvalue weighted by molar-refractivity contribution is 5.87. The maximum absolute atomic E-state index is 12.8. The van der Waals surface area contributed by atoms with Gasteiger partial charge in [-0.15, -0.1) is 0 Å². The SMILES string of the molecule is COCCOCCOCCOCCOCCOCCOCCOCCOCCOCC(=O)NCCCC[C@H](N)C(=O)N([C@@H](C)C(=O)O)C(C)(C)C. The lowest BCUT2D eigenvalue weighted by molar-refractivity contribution is -0.154. The molecular formula is C34H67N3O14. The summed E-state index contributed by atoms with van der Waals surface area (Å²) < 4.78 is 53.6. The number of amides is 2. The molecule has 0 unspecified atom stereocenters. The normalized spacial score (nSPS) is 12.9. The lowest BCUT2D eigenvalue weighted by Crippen LogP contribution is -2.58. The van der Waals surface area contributed by atoms with Crippen LogP contribution in [0.3, 0.4) is 0 Å². The zero-order valence-corrected chi connectivity index (χ0v) is 31.7. The van der Waals surface area contributed by atoms with Crippen molar-refractivity contribution in [1.82, 2.24) is 10.2 Å². The number of rotatable bonds is 37. The van der Waals surface area contributed by atoms with E-state index in [1.54, 1.807) is 27.9 Å². The summed E-state index contributed by atoms with van der Waals surface area (Å²) in [6.07, 6.45) is 1.61. The zero-order valence-electron chi connectivity index (χ0n) is 31.7. The van der Waals surface area contributed by atoms with Gasteiger partial charge in [0.15, 0.2) is 0 Å². The Bertz CT molecular complexity index is 850. The fourth-order valence-corrected chi connectivity index (χ4v) is 4.35. The highest BCUT2D eigenvalue weighted by atomic mass is 16.6. The van der Waals surface area contributed by atoms with E-state index in [0.717, 1.165) is 0 Å². The number of methoxy groups -OCH3 is 1. The van der Waals surface area contributed by atoms with Crippen LogP contribution in [0, 0.1) is 0 Å². The van der Waals surface area contributed by atoms with Crippen LogP contribution in [-0.2, 0) is 61.8 Å². The van der Waals surface area contributed by atoms with Crippen LogP contribution in [0.1, 0.15) is 47.0 Å². The average molecular weight is 742 g/mol. The van der Waals surface area contributed by atoms with Gasteiger partial charge in [0.25, 0.3) is 0 Å². The molecule has 0 aliphatic heterocycles. The Morgan fingerprint density at radius 3 is 1.31 bits per heavy atom. The summed E-state index contributed by atoms with van der Waals surface area (Å²) in [5.41, 5.74) is 5.39. The van der Waals surface area contributed by atoms with E-state index in [-0.39, 0.29) is 19.1 Å². The van der Waals surface area contributed by atoms with Gasteiger partial charge < -0.3 is 68.4 Å². The van der Waals surface area contributed by atoms with E-state index in [9.17, 15) is 19.5 Å². The zero-order chi connectivity index (χ0) is 38.0. The van der Waals surface area contributed by atoms with Crippen molar-refractivity contribution in [2.45, 2.75) is 64.6 Å². The van der Waals surface area contributed by atoms with Gasteiger partial charge in [-0.25, -0.2) is 4.79 Å². The van der Waals surface area contributed by atoms with E-state index in [2.05, 4.69) is 5.32 Å². The molecule has 2 atom stereocenters. The number of carbonyl (C=O) groups is 3. The van der Waals surface area contributed by atoms with E-state index in [1.807, 2.05) is 0 Å². The molecule has 0 fully saturated rings. The monoisotopic (exact) mass is 741 g/mol. The molecule has 302 valence electrons. The van der Waals surface area contributed by atoms with Gasteiger partial charge in [0, 0.05) is 19.2 Å². The Morgan fingerprint density at radius 1 is 0.627 bits per heavy atom. The Kier molecular flexibility index (Phi) is 32.4. The van der Waals surface area contributed by atoms with Crippen LogP contribution in [0.25, 0.3) is 0 Å². The number of aliphatic carboxylic acids is 1. The maximum Gasteiger partial charge on any atom is 0.326 e. The van der Waals surface area contributed by atoms with Gasteiger partial charge in [-0.1, -0.05) is 0 Å². The van der Waals surface area contributed by atoms with Crippen molar-refractivity contribution < 1.29 is 66.9 Å². The van der Waals surface area contributed by atoms with Crippen molar-refractivity contribution in [3.05, 3.63) is 0 Å². The molecule has 17 nitrogen and oxygen atoms in total. The van der Waals surface area contributed by atoms with Crippen molar-refractivity contribution in [2.75, 3.05) is 139 Å². The molecule has 4 N–H and O–H groups in total. The number of carboxylic acids is 1. The molecule has 17 heteroatoms. The van der Waals surface area contributed by atoms with E-state index in [1.165, 1.54) is 11.8 Å². The Labute approximate surface area is 304 Å². The van der Waals surface area contributed by atoms with Crippen LogP contribution < -0.4 is 11.1 Å². The highest BCUT2D eigenvalue weighted by Gasteiger charge is 2.36. The number of ether oxygens (including phenoxy) is 10. The summed E-state index contributed by atoms with van der Waals surface area (Å²) in [5, 5.41) is 12.1. The number of nitrogens with zero attached hydrogens (tertiary/aromatic N) is 1. The van der Waals surface area contributed by atoms with Crippen molar-refractivity contribution in [1.29, 1.82) is 0 Å². The molecule has 0 saturated carbocycles. The molecule has 0 aromatic rings. The third-order valence-electron chi connectivity index (χ3n) is 6.93. The van der Waals surface area contributed by atoms with E-state index < -0.39 is 29.5 Å². The fraction of sp³-hybridized carbons (Fsp3) is 0.912. The van der Waals surface area contributed by atoms with Crippen LogP contribution in [0.15, 0.2) is 0 Å². The van der Waals surface area contributed by atoms with Crippen LogP contribution in [-0.4, -0.2) is 185 Å². The smallest absolute Gasteiger partial charge is 0.326 e. The first-order valence-corrected chi connectivity index (χ1v) is 17.8. The Balaban J connectivity index is 3.44. The fourth-order valence-electron chi connectivity index (χ4n) is 4.35. The minimum absolute atomic E-state index is 0.0846. The topological polar surface area (TPSA) is 205 Å². The number of hydrogen-bond acceptors (Lipinski definition) is 14. The molecule has 0 rings (SSSR count). The summed E-state index contributed by atoms with van der Waals surface area (Å²) in [6, 6.07) is -1.80. The molecule has 0 saturated heterocycles. The van der Waals surface area contributed by atoms with Gasteiger partial charge in [0.2, 0.25) is 11.8 Å². The first-order chi connectivity index (χ1) is 24.5. The van der Waals surface area contributed by atoms with Crippen molar-refractivity contribution in [2.24, 2.45) is 5.73 Å². The standard InChI is InChI=1S/C34H67N3O14/c1-29(33(40)41)37(34(2,3)4)32(39)30(35)8-6-7-9-36-31(38)28-51-27-26-50-25-24-49-23-22-48-21-20-47-19-18-46-17-16-45-15-14-44-13-12-43-11-10-42-5/h29-30H,6-28,35H2,1-5H3,(H,36,38)(H,40,41)/t29-,30-/m0/s1. The highest BCUT2D eigenvalue weighted by Crippen LogP contribution is 2.19. The summed E-state index contributed by atoms with van der Waals surface area (Å²) >= 11 is 0. The predicted molar refractivity (Wildman–Crippen MR) is 188 cm³/mol. The molecule has 0 heterocycles. The minimum atomic E-state index is -1.08. The van der Waals surface area contributed by atoms with Crippen LogP contribution in [0.5, 0.6) is 0 Å². The predicted octanol–water partition coefficient (Wildman–Crippen LogP) is 0.496. The molecule has 0 bridgehead atoms. The van der Waals surface area contributed by atoms with Gasteiger partial charge in [-0.3, -0.25) is 9.59 Å². The molecule has 0 radical (unpaired) electrons. The summed E-state index contributed by atoms with van der Waals surface area (Å²) in [7, 11) is 1.64. The maximum atomic E-state index is 12.8. The van der Waals surface area contributed by atoms with E-state index >= 15 is 0 Å². The Morgan fingerprint density at radius 2 is 0.980 bits per heavy atom. The van der Waals surface area contributed by atoms with Crippen molar-refractivity contribution >= 4 is 17.8 Å². The van der Waals surface area contributed by atoms with E-state index in [0.29, 0.717) is 138 Å². The van der Waals surface area contributed by atoms with Crippen LogP contribution in [0.2, 0.25) is 0 Å². The third-order valence-corrected chi connectivity index (χ3v) is 6.93. The molecule has 0 aromatic carbocycles. The van der Waals surface area contributed by atoms with Crippen LogP contribution >= 0.6 is 0 Å². The molecule has 0 spiro atoms. The van der Waals surface area contributed by atoms with Crippen molar-refractivity contribution in [3.8, 4) is 0 Å². The number of nitrogens with two attached hydrogens (primary N) is 1. The largest absolute Gasteiger partial charge is 0.480 e. The molecule has 51 heavy (non-hydrogen) atoms. The number of carbonyl (C=O) groups excluding carboxylic acids is 2. The summed E-state index contributed by atoms with van der Waals surface area (Å²) in [5.74, 6) is -1.73. The average Bonchev–Trinajstić information content (AvgIpc) is 3.08. The first-order valence-electron chi connectivity index (χ1n) is 17.8. The number of carboxylic acid groups (broad SMARTS) is 1. The van der Waals surface area contributed by atoms with Crippen LogP contribution in [0.4, 0.5) is 0 Å². The molecule has 0 aromatic heterocycles. The number of nitrogens with one attached hydrogen (secondary N) is 1. The third kappa shape index (κ3) is 30.2. The van der Waals surface area contributed by atoms with Gasteiger partial charge >= 0.3 is 5.97 Å². The van der Waals surface area contributed by atoms with Gasteiger partial charge in [0.1, 0.15) is 12.6 Å². The lowest BCUT2D eigenvalue weighted by Gasteiger charge is -2.40. The number of hydrogen-bond donors (Lipinski definition) is 3. The van der Waals surface area contributed by atoms with Crippen molar-refractivity contribution in [3.63, 3.8) is 0 Å². The second-order valence-electron chi connectivity index (χ2n) is 12.3. The van der Waals surface area contributed by atoms with Gasteiger partial charge in [-0.05, 0) is 47.0 Å². The number of unbranched alkanes of at least 4 members (excludes halogenated alkanes) is 1. The molecular weight excluding hydrogens is 674 g/mol. The minimum Gasteiger partial charge on any atom is -0.480 e. The molecule has 2 amide bonds. The van der Waals surface area contributed by atoms with E-state index in [4.69, 9.17) is 53.1 Å². The summed E-state index contributed by atoms with van der Waals surface area (Å²) in [4.78, 5) is 37.5. The Hall–Kier alpha value is -2.03. The summed E-state index contributed by atoms with van der Waals surface area (Å²) in [6.45, 7) is 15.6. The van der Waals surface area contributed by atoms with Gasteiger partial charge in [-0.2, -0.15) is 0 Å². The quantitative estimate of drug-likeness (QED) is 0.0742. The second kappa shape index (κ2) is 33.8. The molecule has 0 aliphatic carbocycles. The van der Waals surface area contributed by atoms with Gasteiger partial charge in [0.05, 0.1) is 125 Å². The first kappa shape index (κ1) is 49.0. The lowest BCUT2D eigenvalue weighted by atomic mass is 9.99.